The number of nitrogens with one attached hydrogen (secondary N) is 1. The van der Waals surface area contributed by atoms with Crippen LogP contribution < -0.4 is 5.32 Å². The predicted octanol–water partition coefficient (Wildman–Crippen LogP) is 4.10. The molecule has 0 radical (unpaired) electrons. The van der Waals surface area contributed by atoms with Crippen LogP contribution in [0.4, 0.5) is 5.13 Å². The first-order chi connectivity index (χ1) is 11.2. The van der Waals surface area contributed by atoms with E-state index in [4.69, 9.17) is 0 Å². The molecule has 114 valence electrons. The number of rotatable bonds is 3. The minimum Gasteiger partial charge on any atom is -0.300 e. The zero-order valence-electron chi connectivity index (χ0n) is 12.2. The lowest BCUT2D eigenvalue weighted by Crippen LogP contribution is -2.12. The fourth-order valence-electron chi connectivity index (χ4n) is 2.20. The van der Waals surface area contributed by atoms with Gasteiger partial charge in [0.05, 0.1) is 10.2 Å². The number of hydrogen-bond acceptors (Lipinski definition) is 5. The Hall–Kier alpha value is -2.51. The van der Waals surface area contributed by atoms with E-state index in [1.54, 1.807) is 5.38 Å². The number of nitrogens with zero attached hydrogens (tertiary/aromatic N) is 3. The molecule has 3 aromatic heterocycles. The lowest BCUT2D eigenvalue weighted by atomic mass is 10.2. The van der Waals surface area contributed by atoms with Crippen molar-refractivity contribution in [2.45, 2.75) is 6.92 Å². The topological polar surface area (TPSA) is 59.8 Å². The summed E-state index contributed by atoms with van der Waals surface area (Å²) < 4.78 is 2.94. The zero-order valence-corrected chi connectivity index (χ0v) is 13.8. The molecule has 7 heteroatoms. The quantitative estimate of drug-likeness (QED) is 0.611. The van der Waals surface area contributed by atoms with E-state index in [1.807, 2.05) is 48.1 Å². The second-order valence-corrected chi connectivity index (χ2v) is 6.92. The van der Waals surface area contributed by atoms with Crippen molar-refractivity contribution in [3.05, 3.63) is 59.4 Å². The van der Waals surface area contributed by atoms with Crippen molar-refractivity contribution in [3.63, 3.8) is 0 Å². The van der Waals surface area contributed by atoms with E-state index in [9.17, 15) is 4.79 Å². The summed E-state index contributed by atoms with van der Waals surface area (Å²) in [7, 11) is 0. The first kappa shape index (κ1) is 14.1. The van der Waals surface area contributed by atoms with Gasteiger partial charge in [-0.1, -0.05) is 17.4 Å². The second-order valence-electron chi connectivity index (χ2n) is 5.05. The maximum atomic E-state index is 12.3. The normalized spacial score (nSPS) is 11.0. The summed E-state index contributed by atoms with van der Waals surface area (Å²) in [5.41, 5.74) is 2.46. The van der Waals surface area contributed by atoms with Gasteiger partial charge in [0.2, 0.25) is 0 Å². The molecule has 0 bridgehead atoms. The van der Waals surface area contributed by atoms with Crippen molar-refractivity contribution in [2.24, 2.45) is 0 Å². The highest BCUT2D eigenvalue weighted by Gasteiger charge is 2.14. The summed E-state index contributed by atoms with van der Waals surface area (Å²) in [4.78, 5) is 21.1. The number of carbonyl (C=O) groups is 1. The van der Waals surface area contributed by atoms with E-state index in [0.717, 1.165) is 15.3 Å². The highest BCUT2D eigenvalue weighted by molar-refractivity contribution is 7.22. The molecule has 4 rings (SSSR count). The summed E-state index contributed by atoms with van der Waals surface area (Å²) in [5.74, 6) is -0.240. The number of hydrogen-bond donors (Lipinski definition) is 1. The van der Waals surface area contributed by atoms with Gasteiger partial charge in [0.15, 0.2) is 10.3 Å². The summed E-state index contributed by atoms with van der Waals surface area (Å²) in [6, 6.07) is 9.88. The van der Waals surface area contributed by atoms with Crippen molar-refractivity contribution in [1.29, 1.82) is 0 Å². The predicted molar refractivity (Wildman–Crippen MR) is 93.8 cm³/mol. The van der Waals surface area contributed by atoms with Crippen molar-refractivity contribution in [3.8, 4) is 5.13 Å². The Kier molecular flexibility index (Phi) is 3.44. The third-order valence-electron chi connectivity index (χ3n) is 3.31. The minimum absolute atomic E-state index is 0.240. The summed E-state index contributed by atoms with van der Waals surface area (Å²) in [6.45, 7) is 2.04. The van der Waals surface area contributed by atoms with Gasteiger partial charge in [-0.15, -0.1) is 11.3 Å². The van der Waals surface area contributed by atoms with Crippen molar-refractivity contribution < 1.29 is 4.79 Å². The number of thiazole rings is 2. The number of aromatic nitrogens is 3. The number of carbonyl (C=O) groups excluding carboxylic acids is 1. The molecule has 0 aliphatic heterocycles. The standard InChI is InChI=1S/C16H12N4OS2/c1-10-4-5-11-13(8-10)23-15(17-11)19-14(21)12-9-22-16(18-12)20-6-2-3-7-20/h2-9H,1H3,(H,17,19,21). The third kappa shape index (κ3) is 2.76. The Morgan fingerprint density at radius 2 is 2.04 bits per heavy atom. The average Bonchev–Trinajstić information content (AvgIpc) is 3.26. The molecule has 0 atom stereocenters. The molecule has 0 aliphatic carbocycles. The molecule has 0 fully saturated rings. The maximum Gasteiger partial charge on any atom is 0.276 e. The largest absolute Gasteiger partial charge is 0.300 e. The monoisotopic (exact) mass is 340 g/mol. The number of benzene rings is 1. The average molecular weight is 340 g/mol. The van der Waals surface area contributed by atoms with Gasteiger partial charge >= 0.3 is 0 Å². The fraction of sp³-hybridized carbons (Fsp3) is 0.0625. The van der Waals surface area contributed by atoms with E-state index in [0.29, 0.717) is 10.8 Å². The molecule has 0 spiro atoms. The second kappa shape index (κ2) is 5.60. The van der Waals surface area contributed by atoms with E-state index in [-0.39, 0.29) is 5.91 Å². The third-order valence-corrected chi connectivity index (χ3v) is 5.10. The Balaban J connectivity index is 1.57. The van der Waals surface area contributed by atoms with Crippen LogP contribution in [0.2, 0.25) is 0 Å². The molecule has 0 aliphatic rings. The van der Waals surface area contributed by atoms with Crippen LogP contribution in [-0.4, -0.2) is 20.4 Å². The summed E-state index contributed by atoms with van der Waals surface area (Å²) in [5, 5.41) is 5.93. The number of fused-ring (bicyclic) bond motifs is 1. The first-order valence-electron chi connectivity index (χ1n) is 6.96. The molecule has 0 saturated heterocycles. The van der Waals surface area contributed by atoms with Crippen LogP contribution in [0, 0.1) is 6.92 Å². The molecule has 0 unspecified atom stereocenters. The fourth-order valence-corrected chi connectivity index (χ4v) is 3.93. The van der Waals surface area contributed by atoms with E-state index in [2.05, 4.69) is 21.4 Å². The number of aryl methyl sites for hydroxylation is 1. The van der Waals surface area contributed by atoms with Crippen LogP contribution in [0.3, 0.4) is 0 Å². The van der Waals surface area contributed by atoms with Gasteiger partial charge in [-0.05, 0) is 36.8 Å². The summed E-state index contributed by atoms with van der Waals surface area (Å²) in [6.07, 6.45) is 3.80. The molecule has 0 saturated carbocycles. The Morgan fingerprint density at radius 1 is 1.22 bits per heavy atom. The number of anilines is 1. The lowest BCUT2D eigenvalue weighted by Gasteiger charge is -1.97. The van der Waals surface area contributed by atoms with Gasteiger partial charge in [-0.25, -0.2) is 9.97 Å². The van der Waals surface area contributed by atoms with E-state index >= 15 is 0 Å². The van der Waals surface area contributed by atoms with Gasteiger partial charge in [-0.3, -0.25) is 10.1 Å². The lowest BCUT2D eigenvalue weighted by molar-refractivity contribution is 0.102. The molecule has 23 heavy (non-hydrogen) atoms. The van der Waals surface area contributed by atoms with Crippen LogP contribution in [0.15, 0.2) is 48.1 Å². The van der Waals surface area contributed by atoms with Crippen LogP contribution in [0.25, 0.3) is 15.3 Å². The molecule has 1 aromatic carbocycles. The Bertz CT molecular complexity index is 985. The van der Waals surface area contributed by atoms with Gasteiger partial charge in [-0.2, -0.15) is 0 Å². The highest BCUT2D eigenvalue weighted by Crippen LogP contribution is 2.27. The van der Waals surface area contributed by atoms with Gasteiger partial charge in [0, 0.05) is 17.8 Å². The van der Waals surface area contributed by atoms with Gasteiger partial charge in [0.25, 0.3) is 5.91 Å². The Morgan fingerprint density at radius 3 is 2.87 bits per heavy atom. The first-order valence-corrected chi connectivity index (χ1v) is 8.66. The molecule has 1 N–H and O–H groups in total. The van der Waals surface area contributed by atoms with Crippen LogP contribution in [0.5, 0.6) is 0 Å². The minimum atomic E-state index is -0.240. The van der Waals surface area contributed by atoms with E-state index < -0.39 is 0 Å². The maximum absolute atomic E-state index is 12.3. The molecule has 1 amide bonds. The van der Waals surface area contributed by atoms with Crippen LogP contribution in [-0.2, 0) is 0 Å². The molecule has 3 heterocycles. The molecule has 4 aromatic rings. The van der Waals surface area contributed by atoms with Gasteiger partial charge < -0.3 is 4.57 Å². The van der Waals surface area contributed by atoms with Gasteiger partial charge in [0.1, 0.15) is 5.69 Å². The number of amides is 1. The highest BCUT2D eigenvalue weighted by atomic mass is 32.1. The summed E-state index contributed by atoms with van der Waals surface area (Å²) >= 11 is 2.89. The van der Waals surface area contributed by atoms with Crippen LogP contribution in [0.1, 0.15) is 16.1 Å². The van der Waals surface area contributed by atoms with Crippen molar-refractivity contribution in [1.82, 2.24) is 14.5 Å². The van der Waals surface area contributed by atoms with E-state index in [1.165, 1.54) is 28.2 Å². The van der Waals surface area contributed by atoms with Crippen LogP contribution >= 0.6 is 22.7 Å². The molecule has 5 nitrogen and oxygen atoms in total. The Labute approximate surface area is 140 Å². The SMILES string of the molecule is Cc1ccc2nc(NC(=O)c3csc(-n4cccc4)n3)sc2c1. The molecular weight excluding hydrogens is 328 g/mol. The van der Waals surface area contributed by atoms with Crippen molar-refractivity contribution >= 4 is 43.9 Å². The zero-order chi connectivity index (χ0) is 15.8. The molecular formula is C16H12N4OS2. The smallest absolute Gasteiger partial charge is 0.276 e. The van der Waals surface area contributed by atoms with Crippen molar-refractivity contribution in [2.75, 3.05) is 5.32 Å².